The molecule has 0 aromatic heterocycles. The van der Waals surface area contributed by atoms with Gasteiger partial charge in [0.1, 0.15) is 0 Å². The molecule has 0 rings (SSSR count). The molecule has 0 saturated heterocycles. The van der Waals surface area contributed by atoms with Gasteiger partial charge in [-0.25, -0.2) is 0 Å². The molecule has 3 N–H and O–H groups in total. The van der Waals surface area contributed by atoms with Crippen LogP contribution in [0.3, 0.4) is 0 Å². The molecule has 14 heavy (non-hydrogen) atoms. The van der Waals surface area contributed by atoms with Crippen LogP contribution in [0, 0.1) is 0 Å². The summed E-state index contributed by atoms with van der Waals surface area (Å²) in [6, 6.07) is -0.408. The van der Waals surface area contributed by atoms with Gasteiger partial charge in [-0.2, -0.15) is 0 Å². The summed E-state index contributed by atoms with van der Waals surface area (Å²) in [7, 11) is 1.62. The first-order valence-electron chi connectivity index (χ1n) is 4.82. The van der Waals surface area contributed by atoms with E-state index in [0.717, 1.165) is 0 Å². The van der Waals surface area contributed by atoms with Crippen molar-refractivity contribution in [1.82, 2.24) is 5.32 Å². The average Bonchev–Trinajstić information content (AvgIpc) is 2.21. The fraction of sp³-hybridized carbons (Fsp3) is 0.889. The summed E-state index contributed by atoms with van der Waals surface area (Å²) in [5.41, 5.74) is 5.51. The number of nitrogens with one attached hydrogen (secondary N) is 1. The fourth-order valence-electron chi connectivity index (χ4n) is 0.807. The van der Waals surface area contributed by atoms with Gasteiger partial charge in [-0.3, -0.25) is 4.79 Å². The van der Waals surface area contributed by atoms with Crippen molar-refractivity contribution < 1.29 is 14.3 Å². The van der Waals surface area contributed by atoms with Gasteiger partial charge in [0.2, 0.25) is 5.91 Å². The lowest BCUT2D eigenvalue weighted by Gasteiger charge is -2.09. The normalized spacial score (nSPS) is 12.5. The predicted molar refractivity (Wildman–Crippen MR) is 54.0 cm³/mol. The van der Waals surface area contributed by atoms with Crippen LogP contribution >= 0.6 is 0 Å². The summed E-state index contributed by atoms with van der Waals surface area (Å²) >= 11 is 0. The molecule has 0 aromatic carbocycles. The Bertz CT molecular complexity index is 153. The smallest absolute Gasteiger partial charge is 0.236 e. The number of hydrogen-bond acceptors (Lipinski definition) is 4. The zero-order chi connectivity index (χ0) is 10.8. The molecule has 0 aliphatic heterocycles. The largest absolute Gasteiger partial charge is 0.382 e. The van der Waals surface area contributed by atoms with Crippen molar-refractivity contribution in [2.24, 2.45) is 5.73 Å². The quantitative estimate of drug-likeness (QED) is 0.523. The van der Waals surface area contributed by atoms with Gasteiger partial charge in [0.25, 0.3) is 0 Å². The van der Waals surface area contributed by atoms with Crippen molar-refractivity contribution in [3.63, 3.8) is 0 Å². The van der Waals surface area contributed by atoms with E-state index >= 15 is 0 Å². The topological polar surface area (TPSA) is 73.6 Å². The number of ether oxygens (including phenoxy) is 2. The molecule has 1 amide bonds. The number of nitrogens with two attached hydrogens (primary N) is 1. The van der Waals surface area contributed by atoms with E-state index in [1.54, 1.807) is 7.11 Å². The van der Waals surface area contributed by atoms with Gasteiger partial charge in [-0.1, -0.05) is 6.92 Å². The highest BCUT2D eigenvalue weighted by atomic mass is 16.5. The second-order valence-corrected chi connectivity index (χ2v) is 2.91. The lowest BCUT2D eigenvalue weighted by Crippen LogP contribution is -2.41. The van der Waals surface area contributed by atoms with E-state index in [2.05, 4.69) is 5.32 Å². The van der Waals surface area contributed by atoms with Crippen LogP contribution in [0.15, 0.2) is 0 Å². The lowest BCUT2D eigenvalue weighted by atomic mass is 10.2. The molecule has 0 spiro atoms. The van der Waals surface area contributed by atoms with Gasteiger partial charge in [0, 0.05) is 13.7 Å². The Labute approximate surface area is 84.9 Å². The summed E-state index contributed by atoms with van der Waals surface area (Å²) in [6.07, 6.45) is 0.649. The molecule has 0 heterocycles. The van der Waals surface area contributed by atoms with Crippen LogP contribution in [0.1, 0.15) is 13.3 Å². The van der Waals surface area contributed by atoms with E-state index in [0.29, 0.717) is 32.8 Å². The van der Waals surface area contributed by atoms with Crippen LogP contribution in [0.25, 0.3) is 0 Å². The third-order valence-corrected chi connectivity index (χ3v) is 1.75. The molecule has 5 nitrogen and oxygen atoms in total. The number of hydrogen-bond donors (Lipinski definition) is 2. The van der Waals surface area contributed by atoms with Crippen molar-refractivity contribution in [1.29, 1.82) is 0 Å². The van der Waals surface area contributed by atoms with E-state index < -0.39 is 6.04 Å². The maximum Gasteiger partial charge on any atom is 0.236 e. The summed E-state index contributed by atoms with van der Waals surface area (Å²) in [5.74, 6) is -0.122. The standard InChI is InChI=1S/C9H20N2O3/c1-3-8(10)9(12)11-4-5-14-7-6-13-2/h8H,3-7,10H2,1-2H3,(H,11,12)/t8-/m1/s1. The Hall–Kier alpha value is -0.650. The summed E-state index contributed by atoms with van der Waals surface area (Å²) in [5, 5.41) is 2.68. The van der Waals surface area contributed by atoms with Crippen molar-refractivity contribution >= 4 is 5.91 Å². The lowest BCUT2D eigenvalue weighted by molar-refractivity contribution is -0.122. The molecule has 0 aliphatic carbocycles. The number of methoxy groups -OCH3 is 1. The first-order valence-corrected chi connectivity index (χ1v) is 4.82. The molecule has 0 saturated carbocycles. The molecular formula is C9H20N2O3. The van der Waals surface area contributed by atoms with Gasteiger partial charge < -0.3 is 20.5 Å². The van der Waals surface area contributed by atoms with Gasteiger partial charge in [-0.15, -0.1) is 0 Å². The fourth-order valence-corrected chi connectivity index (χ4v) is 0.807. The molecular weight excluding hydrogens is 184 g/mol. The third-order valence-electron chi connectivity index (χ3n) is 1.75. The molecule has 1 atom stereocenters. The molecule has 5 heteroatoms. The van der Waals surface area contributed by atoms with Gasteiger partial charge in [-0.05, 0) is 6.42 Å². The Morgan fingerprint density at radius 2 is 2.14 bits per heavy atom. The van der Waals surface area contributed by atoms with E-state index in [1.807, 2.05) is 6.92 Å². The minimum absolute atomic E-state index is 0.122. The molecule has 0 fully saturated rings. The van der Waals surface area contributed by atoms with E-state index in [9.17, 15) is 4.79 Å². The summed E-state index contributed by atoms with van der Waals surface area (Å²) < 4.78 is 9.95. The van der Waals surface area contributed by atoms with Crippen LogP contribution in [-0.4, -0.2) is 45.4 Å². The average molecular weight is 204 g/mol. The minimum atomic E-state index is -0.408. The molecule has 0 bridgehead atoms. The first kappa shape index (κ1) is 13.4. The maximum absolute atomic E-state index is 11.1. The minimum Gasteiger partial charge on any atom is -0.382 e. The van der Waals surface area contributed by atoms with Gasteiger partial charge in [0.15, 0.2) is 0 Å². The van der Waals surface area contributed by atoms with E-state index in [1.165, 1.54) is 0 Å². The molecule has 0 aromatic rings. The van der Waals surface area contributed by atoms with Crippen LogP contribution in [0.4, 0.5) is 0 Å². The third kappa shape index (κ3) is 6.82. The SMILES string of the molecule is CC[C@@H](N)C(=O)NCCOCCOC. The second-order valence-electron chi connectivity index (χ2n) is 2.91. The van der Waals surface area contributed by atoms with Crippen molar-refractivity contribution in [3.05, 3.63) is 0 Å². The zero-order valence-corrected chi connectivity index (χ0v) is 8.91. The van der Waals surface area contributed by atoms with Gasteiger partial charge in [0.05, 0.1) is 25.9 Å². The Morgan fingerprint density at radius 1 is 1.43 bits per heavy atom. The van der Waals surface area contributed by atoms with Crippen molar-refractivity contribution in [2.45, 2.75) is 19.4 Å². The number of rotatable bonds is 8. The highest BCUT2D eigenvalue weighted by Gasteiger charge is 2.08. The molecule has 0 aliphatic rings. The van der Waals surface area contributed by atoms with Crippen molar-refractivity contribution in [2.75, 3.05) is 33.5 Å². The maximum atomic E-state index is 11.1. The number of carbonyl (C=O) groups is 1. The van der Waals surface area contributed by atoms with Crippen LogP contribution < -0.4 is 11.1 Å². The summed E-state index contributed by atoms with van der Waals surface area (Å²) in [4.78, 5) is 11.1. The monoisotopic (exact) mass is 204 g/mol. The second kappa shape index (κ2) is 8.93. The van der Waals surface area contributed by atoms with Crippen LogP contribution in [0.5, 0.6) is 0 Å². The highest BCUT2D eigenvalue weighted by Crippen LogP contribution is 1.84. The van der Waals surface area contributed by atoms with Crippen LogP contribution in [0.2, 0.25) is 0 Å². The van der Waals surface area contributed by atoms with E-state index in [-0.39, 0.29) is 5.91 Å². The number of amides is 1. The summed E-state index contributed by atoms with van der Waals surface area (Å²) in [6.45, 7) is 3.98. The van der Waals surface area contributed by atoms with E-state index in [4.69, 9.17) is 15.2 Å². The highest BCUT2D eigenvalue weighted by molar-refractivity contribution is 5.81. The Kier molecular flexibility index (Phi) is 8.51. The molecule has 0 radical (unpaired) electrons. The Balaban J connectivity index is 3.23. The predicted octanol–water partition coefficient (Wildman–Crippen LogP) is -0.497. The first-order chi connectivity index (χ1) is 6.72. The van der Waals surface area contributed by atoms with Crippen molar-refractivity contribution in [3.8, 4) is 0 Å². The molecule has 0 unspecified atom stereocenters. The Morgan fingerprint density at radius 3 is 2.71 bits per heavy atom. The van der Waals surface area contributed by atoms with Gasteiger partial charge >= 0.3 is 0 Å². The van der Waals surface area contributed by atoms with Crippen LogP contribution in [-0.2, 0) is 14.3 Å². The number of carbonyl (C=O) groups excluding carboxylic acids is 1. The molecule has 84 valence electrons. The zero-order valence-electron chi connectivity index (χ0n) is 8.91.